The number of guanidine groups is 1. The first-order chi connectivity index (χ1) is 13.2. The van der Waals surface area contributed by atoms with Gasteiger partial charge < -0.3 is 15.0 Å². The molecule has 3 aromatic rings. The van der Waals surface area contributed by atoms with Gasteiger partial charge in [0.15, 0.2) is 5.96 Å². The van der Waals surface area contributed by atoms with Gasteiger partial charge in [-0.05, 0) is 36.1 Å². The molecule has 5 nitrogen and oxygen atoms in total. The fourth-order valence-corrected chi connectivity index (χ4v) is 3.01. The van der Waals surface area contributed by atoms with Crippen LogP contribution in [-0.4, -0.2) is 36.5 Å². The van der Waals surface area contributed by atoms with Crippen molar-refractivity contribution in [2.24, 2.45) is 4.99 Å². The summed E-state index contributed by atoms with van der Waals surface area (Å²) < 4.78 is 5.23. The summed E-state index contributed by atoms with van der Waals surface area (Å²) in [5, 5.41) is 5.71. The number of fused-ring (bicyclic) bond motifs is 1. The summed E-state index contributed by atoms with van der Waals surface area (Å²) in [6, 6.07) is 18.4. The number of ether oxygens (including phenoxy) is 1. The highest BCUT2D eigenvalue weighted by Gasteiger charge is 2.08. The normalized spacial score (nSPS) is 11.4. The number of nitrogens with zero attached hydrogens (tertiary/aromatic N) is 3. The fraction of sp³-hybridized carbons (Fsp3) is 0.273. The Hall–Kier alpha value is -3.08. The fourth-order valence-electron chi connectivity index (χ4n) is 3.01. The molecule has 1 N–H and O–H groups in total. The number of hydrogen-bond donors (Lipinski definition) is 1. The average Bonchev–Trinajstić information content (AvgIpc) is 2.71. The van der Waals surface area contributed by atoms with Gasteiger partial charge in [-0.1, -0.05) is 36.4 Å². The topological polar surface area (TPSA) is 49.8 Å². The van der Waals surface area contributed by atoms with Crippen LogP contribution in [0.1, 0.15) is 18.2 Å². The highest BCUT2D eigenvalue weighted by atomic mass is 16.5. The molecule has 0 saturated carbocycles. The molecule has 0 aliphatic rings. The molecule has 0 aliphatic carbocycles. The molecule has 2 aromatic carbocycles. The Morgan fingerprint density at radius 2 is 1.89 bits per heavy atom. The van der Waals surface area contributed by atoms with Crippen molar-refractivity contribution in [1.29, 1.82) is 0 Å². The number of methoxy groups -OCH3 is 1. The van der Waals surface area contributed by atoms with Gasteiger partial charge in [-0.2, -0.15) is 0 Å². The van der Waals surface area contributed by atoms with Gasteiger partial charge in [0.05, 0.1) is 19.3 Å². The highest BCUT2D eigenvalue weighted by Crippen LogP contribution is 2.17. The first-order valence-electron chi connectivity index (χ1n) is 9.16. The van der Waals surface area contributed by atoms with E-state index in [2.05, 4.69) is 46.4 Å². The third kappa shape index (κ3) is 4.76. The van der Waals surface area contributed by atoms with E-state index in [-0.39, 0.29) is 0 Å². The summed E-state index contributed by atoms with van der Waals surface area (Å²) in [4.78, 5) is 11.5. The van der Waals surface area contributed by atoms with Crippen molar-refractivity contribution in [1.82, 2.24) is 15.2 Å². The van der Waals surface area contributed by atoms with E-state index in [1.807, 2.05) is 43.6 Å². The smallest absolute Gasteiger partial charge is 0.194 e. The third-order valence-electron chi connectivity index (χ3n) is 4.41. The zero-order valence-electron chi connectivity index (χ0n) is 16.1. The SMILES string of the molecule is CCNC(=NCc1nccc2ccccc12)N(C)Cc1ccc(OC)cc1. The van der Waals surface area contributed by atoms with Crippen LogP contribution in [0.15, 0.2) is 65.8 Å². The van der Waals surface area contributed by atoms with Crippen molar-refractivity contribution in [3.8, 4) is 5.75 Å². The maximum Gasteiger partial charge on any atom is 0.194 e. The van der Waals surface area contributed by atoms with Crippen LogP contribution in [0.25, 0.3) is 10.8 Å². The number of benzene rings is 2. The maximum atomic E-state index is 5.23. The number of aromatic nitrogens is 1. The van der Waals surface area contributed by atoms with Crippen LogP contribution in [0, 0.1) is 0 Å². The lowest BCUT2D eigenvalue weighted by Gasteiger charge is -2.22. The molecule has 0 radical (unpaired) electrons. The lowest BCUT2D eigenvalue weighted by Crippen LogP contribution is -2.38. The minimum atomic E-state index is 0.538. The van der Waals surface area contributed by atoms with E-state index in [9.17, 15) is 0 Å². The van der Waals surface area contributed by atoms with Crippen LogP contribution in [0.2, 0.25) is 0 Å². The molecule has 0 spiro atoms. The molecule has 1 heterocycles. The van der Waals surface area contributed by atoms with Gasteiger partial charge >= 0.3 is 0 Å². The van der Waals surface area contributed by atoms with Gasteiger partial charge in [0.2, 0.25) is 0 Å². The number of aliphatic imine (C=N–C) groups is 1. The van der Waals surface area contributed by atoms with Gasteiger partial charge in [-0.25, -0.2) is 4.99 Å². The van der Waals surface area contributed by atoms with E-state index in [1.54, 1.807) is 7.11 Å². The first kappa shape index (κ1) is 18.7. The van der Waals surface area contributed by atoms with Crippen LogP contribution in [0.4, 0.5) is 0 Å². The van der Waals surface area contributed by atoms with Gasteiger partial charge in [0, 0.05) is 31.7 Å². The maximum absolute atomic E-state index is 5.23. The lowest BCUT2D eigenvalue weighted by atomic mass is 10.1. The van der Waals surface area contributed by atoms with Crippen molar-refractivity contribution in [2.45, 2.75) is 20.0 Å². The van der Waals surface area contributed by atoms with Crippen molar-refractivity contribution >= 4 is 16.7 Å². The molecule has 0 bridgehead atoms. The highest BCUT2D eigenvalue weighted by molar-refractivity contribution is 5.85. The number of rotatable bonds is 6. The van der Waals surface area contributed by atoms with Crippen molar-refractivity contribution in [2.75, 3.05) is 20.7 Å². The first-order valence-corrected chi connectivity index (χ1v) is 9.16. The van der Waals surface area contributed by atoms with E-state index in [0.29, 0.717) is 6.54 Å². The van der Waals surface area contributed by atoms with Gasteiger partial charge in [-0.3, -0.25) is 4.98 Å². The minimum Gasteiger partial charge on any atom is -0.497 e. The van der Waals surface area contributed by atoms with Crippen LogP contribution in [0.5, 0.6) is 5.75 Å². The van der Waals surface area contributed by atoms with Crippen LogP contribution >= 0.6 is 0 Å². The van der Waals surface area contributed by atoms with Gasteiger partial charge in [0.25, 0.3) is 0 Å². The Morgan fingerprint density at radius 1 is 1.11 bits per heavy atom. The van der Waals surface area contributed by atoms with Crippen molar-refractivity contribution in [3.05, 3.63) is 72.1 Å². The Labute approximate surface area is 160 Å². The van der Waals surface area contributed by atoms with Gasteiger partial charge in [0.1, 0.15) is 5.75 Å². The van der Waals surface area contributed by atoms with E-state index in [1.165, 1.54) is 10.9 Å². The zero-order valence-corrected chi connectivity index (χ0v) is 16.1. The molecule has 0 amide bonds. The predicted molar refractivity (Wildman–Crippen MR) is 111 cm³/mol. The standard InChI is InChI=1S/C22H26N4O/c1-4-23-22(26(2)16-17-9-11-19(27-3)12-10-17)25-15-21-20-8-6-5-7-18(20)13-14-24-21/h5-14H,4,15-16H2,1-3H3,(H,23,25). The average molecular weight is 362 g/mol. The second kappa shape index (κ2) is 9.03. The van der Waals surface area contributed by atoms with Crippen molar-refractivity contribution in [3.63, 3.8) is 0 Å². The summed E-state index contributed by atoms with van der Waals surface area (Å²) in [5.41, 5.74) is 2.19. The van der Waals surface area contributed by atoms with E-state index >= 15 is 0 Å². The molecular formula is C22H26N4O. The number of pyridine rings is 1. The Bertz CT molecular complexity index is 900. The minimum absolute atomic E-state index is 0.538. The van der Waals surface area contributed by atoms with E-state index in [4.69, 9.17) is 9.73 Å². The van der Waals surface area contributed by atoms with E-state index < -0.39 is 0 Å². The summed E-state index contributed by atoms with van der Waals surface area (Å²) in [6.45, 7) is 4.19. The monoisotopic (exact) mass is 362 g/mol. The number of hydrogen-bond acceptors (Lipinski definition) is 3. The molecule has 27 heavy (non-hydrogen) atoms. The number of nitrogens with one attached hydrogen (secondary N) is 1. The van der Waals surface area contributed by atoms with Crippen LogP contribution < -0.4 is 10.1 Å². The molecule has 0 unspecified atom stereocenters. The molecule has 5 heteroatoms. The van der Waals surface area contributed by atoms with Gasteiger partial charge in [-0.15, -0.1) is 0 Å². The Kier molecular flexibility index (Phi) is 6.26. The molecule has 0 fully saturated rings. The Balaban J connectivity index is 1.76. The molecule has 0 saturated heterocycles. The molecular weight excluding hydrogens is 336 g/mol. The molecule has 140 valence electrons. The summed E-state index contributed by atoms with van der Waals surface area (Å²) in [7, 11) is 3.72. The van der Waals surface area contributed by atoms with Crippen LogP contribution in [0.3, 0.4) is 0 Å². The Morgan fingerprint density at radius 3 is 2.63 bits per heavy atom. The third-order valence-corrected chi connectivity index (χ3v) is 4.41. The van der Waals surface area contributed by atoms with Crippen LogP contribution in [-0.2, 0) is 13.1 Å². The predicted octanol–water partition coefficient (Wildman–Crippen LogP) is 3.84. The molecule has 1 aromatic heterocycles. The summed E-state index contributed by atoms with van der Waals surface area (Å²) in [6.07, 6.45) is 1.85. The molecule has 3 rings (SSSR count). The second-order valence-electron chi connectivity index (χ2n) is 6.35. The summed E-state index contributed by atoms with van der Waals surface area (Å²) in [5.74, 6) is 1.73. The zero-order chi connectivity index (χ0) is 19.1. The summed E-state index contributed by atoms with van der Waals surface area (Å²) >= 11 is 0. The van der Waals surface area contributed by atoms with Crippen molar-refractivity contribution < 1.29 is 4.74 Å². The lowest BCUT2D eigenvalue weighted by molar-refractivity contribution is 0.414. The second-order valence-corrected chi connectivity index (χ2v) is 6.35. The quantitative estimate of drug-likeness (QED) is 0.535. The largest absolute Gasteiger partial charge is 0.497 e. The molecule has 0 aliphatic heterocycles. The molecule has 0 atom stereocenters. The van der Waals surface area contributed by atoms with E-state index in [0.717, 1.165) is 35.9 Å².